The fraction of sp³-hybridized carbons (Fsp3) is 0.500. The van der Waals surface area contributed by atoms with Crippen molar-refractivity contribution >= 4 is 11.9 Å². The maximum Gasteiger partial charge on any atom is 0.308 e. The fourth-order valence-corrected chi connectivity index (χ4v) is 2.02. The molecule has 0 aromatic heterocycles. The van der Waals surface area contributed by atoms with Gasteiger partial charge in [-0.25, -0.2) is 0 Å². The lowest BCUT2D eigenvalue weighted by molar-refractivity contribution is -0.142. The van der Waals surface area contributed by atoms with Gasteiger partial charge in [-0.05, 0) is 25.8 Å². The van der Waals surface area contributed by atoms with Crippen molar-refractivity contribution in [1.29, 1.82) is 0 Å². The van der Waals surface area contributed by atoms with Crippen molar-refractivity contribution < 1.29 is 19.4 Å². The van der Waals surface area contributed by atoms with Gasteiger partial charge >= 0.3 is 5.97 Å². The Labute approximate surface area is 125 Å². The number of hydrogen-bond donors (Lipinski definition) is 2. The number of carboxylic acid groups (broad SMARTS) is 1. The smallest absolute Gasteiger partial charge is 0.308 e. The van der Waals surface area contributed by atoms with Crippen molar-refractivity contribution in [2.75, 3.05) is 13.2 Å². The van der Waals surface area contributed by atoms with Gasteiger partial charge in [0.15, 0.2) is 0 Å². The predicted molar refractivity (Wildman–Crippen MR) is 79.9 cm³/mol. The van der Waals surface area contributed by atoms with Crippen molar-refractivity contribution in [3.05, 3.63) is 35.9 Å². The summed E-state index contributed by atoms with van der Waals surface area (Å²) < 4.78 is 5.19. The second-order valence-corrected chi connectivity index (χ2v) is 4.88. The van der Waals surface area contributed by atoms with Gasteiger partial charge in [-0.3, -0.25) is 9.59 Å². The van der Waals surface area contributed by atoms with Crippen LogP contribution in [-0.2, 0) is 14.3 Å². The molecule has 0 spiro atoms. The summed E-state index contributed by atoms with van der Waals surface area (Å²) in [5.74, 6) is -1.78. The van der Waals surface area contributed by atoms with Crippen LogP contribution in [0.5, 0.6) is 0 Å². The molecule has 0 fully saturated rings. The minimum atomic E-state index is -0.932. The van der Waals surface area contributed by atoms with E-state index in [0.717, 1.165) is 5.56 Å². The molecule has 1 aromatic rings. The van der Waals surface area contributed by atoms with Gasteiger partial charge in [0.25, 0.3) is 0 Å². The number of ether oxygens (including phenoxy) is 1. The summed E-state index contributed by atoms with van der Waals surface area (Å²) in [4.78, 5) is 23.2. The maximum absolute atomic E-state index is 12.0. The SMILES string of the molecule is CCOCCCC(=O)NC(c1ccccc1)C(C)C(=O)O. The Morgan fingerprint density at radius 1 is 1.29 bits per heavy atom. The molecule has 0 aliphatic rings. The van der Waals surface area contributed by atoms with Gasteiger partial charge in [0, 0.05) is 19.6 Å². The molecule has 1 amide bonds. The minimum Gasteiger partial charge on any atom is -0.481 e. The average Bonchev–Trinajstić information content (AvgIpc) is 2.49. The normalized spacial score (nSPS) is 13.4. The number of carbonyl (C=O) groups is 2. The van der Waals surface area contributed by atoms with E-state index in [2.05, 4.69) is 5.32 Å². The highest BCUT2D eigenvalue weighted by atomic mass is 16.5. The topological polar surface area (TPSA) is 75.6 Å². The van der Waals surface area contributed by atoms with E-state index in [1.807, 2.05) is 37.3 Å². The number of hydrogen-bond acceptors (Lipinski definition) is 3. The molecule has 2 atom stereocenters. The van der Waals surface area contributed by atoms with Gasteiger partial charge in [-0.15, -0.1) is 0 Å². The molecule has 2 unspecified atom stereocenters. The summed E-state index contributed by atoms with van der Waals surface area (Å²) in [5, 5.41) is 12.0. The van der Waals surface area contributed by atoms with E-state index < -0.39 is 17.9 Å². The number of benzene rings is 1. The molecular formula is C16H23NO4. The van der Waals surface area contributed by atoms with Crippen LogP contribution in [0.3, 0.4) is 0 Å². The van der Waals surface area contributed by atoms with Crippen LogP contribution in [-0.4, -0.2) is 30.2 Å². The van der Waals surface area contributed by atoms with Gasteiger partial charge in [0.2, 0.25) is 5.91 Å². The first-order valence-electron chi connectivity index (χ1n) is 7.21. The molecule has 5 nitrogen and oxygen atoms in total. The Bertz CT molecular complexity index is 447. The zero-order valence-electron chi connectivity index (χ0n) is 12.5. The van der Waals surface area contributed by atoms with Crippen LogP contribution in [0.2, 0.25) is 0 Å². The molecule has 0 radical (unpaired) electrons. The summed E-state index contributed by atoms with van der Waals surface area (Å²) in [6, 6.07) is 8.64. The number of aliphatic carboxylic acids is 1. The Morgan fingerprint density at radius 2 is 1.95 bits per heavy atom. The summed E-state index contributed by atoms with van der Waals surface area (Å²) >= 11 is 0. The van der Waals surface area contributed by atoms with Crippen LogP contribution < -0.4 is 5.32 Å². The standard InChI is InChI=1S/C16H23NO4/c1-3-21-11-7-10-14(18)17-15(12(2)16(19)20)13-8-5-4-6-9-13/h4-6,8-9,12,15H,3,7,10-11H2,1-2H3,(H,17,18)(H,19,20). The predicted octanol–water partition coefficient (Wildman–Crippen LogP) is 2.38. The van der Waals surface area contributed by atoms with Gasteiger partial charge in [-0.2, -0.15) is 0 Å². The van der Waals surface area contributed by atoms with E-state index in [0.29, 0.717) is 26.1 Å². The Morgan fingerprint density at radius 3 is 2.52 bits per heavy atom. The molecular weight excluding hydrogens is 270 g/mol. The maximum atomic E-state index is 12.0. The zero-order chi connectivity index (χ0) is 15.7. The van der Waals surface area contributed by atoms with Crippen LogP contribution in [0.1, 0.15) is 38.3 Å². The first-order valence-corrected chi connectivity index (χ1v) is 7.21. The summed E-state index contributed by atoms with van der Waals surface area (Å²) in [6.45, 7) is 4.67. The van der Waals surface area contributed by atoms with Gasteiger partial charge in [-0.1, -0.05) is 30.3 Å². The van der Waals surface area contributed by atoms with Crippen LogP contribution in [0.25, 0.3) is 0 Å². The molecule has 1 rings (SSSR count). The number of amides is 1. The number of rotatable bonds is 9. The fourth-order valence-electron chi connectivity index (χ4n) is 2.02. The Kier molecular flexibility index (Phi) is 7.46. The third-order valence-corrected chi connectivity index (χ3v) is 3.26. The van der Waals surface area contributed by atoms with E-state index in [-0.39, 0.29) is 5.91 Å². The highest BCUT2D eigenvalue weighted by Gasteiger charge is 2.26. The molecule has 0 heterocycles. The van der Waals surface area contributed by atoms with Gasteiger partial charge < -0.3 is 15.2 Å². The molecule has 1 aromatic carbocycles. The van der Waals surface area contributed by atoms with Crippen LogP contribution in [0.4, 0.5) is 0 Å². The third-order valence-electron chi connectivity index (χ3n) is 3.26. The molecule has 0 saturated carbocycles. The van der Waals surface area contributed by atoms with Gasteiger partial charge in [0.05, 0.1) is 12.0 Å². The van der Waals surface area contributed by atoms with E-state index in [9.17, 15) is 14.7 Å². The lowest BCUT2D eigenvalue weighted by Crippen LogP contribution is -2.35. The first kappa shape index (κ1) is 17.2. The van der Waals surface area contributed by atoms with Crippen molar-refractivity contribution in [3.63, 3.8) is 0 Å². The molecule has 0 saturated heterocycles. The Hall–Kier alpha value is -1.88. The van der Waals surface area contributed by atoms with Crippen LogP contribution in [0, 0.1) is 5.92 Å². The van der Waals surface area contributed by atoms with Crippen molar-refractivity contribution in [3.8, 4) is 0 Å². The van der Waals surface area contributed by atoms with Crippen molar-refractivity contribution in [1.82, 2.24) is 5.32 Å². The van der Waals surface area contributed by atoms with E-state index in [4.69, 9.17) is 4.74 Å². The lowest BCUT2D eigenvalue weighted by Gasteiger charge is -2.23. The van der Waals surface area contributed by atoms with Crippen molar-refractivity contribution in [2.45, 2.75) is 32.7 Å². The highest BCUT2D eigenvalue weighted by molar-refractivity contribution is 5.78. The van der Waals surface area contributed by atoms with E-state index >= 15 is 0 Å². The quantitative estimate of drug-likeness (QED) is 0.685. The molecule has 2 N–H and O–H groups in total. The Balaban J connectivity index is 2.66. The molecule has 0 bridgehead atoms. The van der Waals surface area contributed by atoms with Crippen molar-refractivity contribution in [2.24, 2.45) is 5.92 Å². The summed E-state index contributed by atoms with van der Waals surface area (Å²) in [7, 11) is 0. The average molecular weight is 293 g/mol. The minimum absolute atomic E-state index is 0.156. The number of carbonyl (C=O) groups excluding carboxylic acids is 1. The summed E-state index contributed by atoms with van der Waals surface area (Å²) in [6.07, 6.45) is 0.957. The number of carboxylic acids is 1. The van der Waals surface area contributed by atoms with Crippen LogP contribution >= 0.6 is 0 Å². The lowest BCUT2D eigenvalue weighted by atomic mass is 9.94. The molecule has 0 aliphatic carbocycles. The number of nitrogens with one attached hydrogen (secondary N) is 1. The molecule has 5 heteroatoms. The molecule has 116 valence electrons. The highest BCUT2D eigenvalue weighted by Crippen LogP contribution is 2.22. The second-order valence-electron chi connectivity index (χ2n) is 4.88. The third kappa shape index (κ3) is 5.95. The van der Waals surface area contributed by atoms with Crippen LogP contribution in [0.15, 0.2) is 30.3 Å². The van der Waals surface area contributed by atoms with E-state index in [1.165, 1.54) is 0 Å². The first-order chi connectivity index (χ1) is 10.1. The molecule has 21 heavy (non-hydrogen) atoms. The largest absolute Gasteiger partial charge is 0.481 e. The monoisotopic (exact) mass is 293 g/mol. The summed E-state index contributed by atoms with van der Waals surface area (Å²) in [5.41, 5.74) is 0.797. The second kappa shape index (κ2) is 9.13. The zero-order valence-corrected chi connectivity index (χ0v) is 12.5. The van der Waals surface area contributed by atoms with Gasteiger partial charge in [0.1, 0.15) is 0 Å². The molecule has 0 aliphatic heterocycles. The van der Waals surface area contributed by atoms with E-state index in [1.54, 1.807) is 6.92 Å².